The van der Waals surface area contributed by atoms with E-state index >= 15 is 0 Å². The average molecular weight is 493 g/mol. The molecule has 1 saturated heterocycles. The highest BCUT2D eigenvalue weighted by Crippen LogP contribution is 2.30. The lowest BCUT2D eigenvalue weighted by Crippen LogP contribution is -2.49. The Labute approximate surface area is 210 Å². The van der Waals surface area contributed by atoms with Gasteiger partial charge in [-0.15, -0.1) is 0 Å². The van der Waals surface area contributed by atoms with E-state index in [1.165, 1.54) is 29.2 Å². The van der Waals surface area contributed by atoms with Crippen molar-refractivity contribution < 1.29 is 18.4 Å². The molecule has 4 rings (SSSR count). The highest BCUT2D eigenvalue weighted by Gasteiger charge is 2.27. The molecule has 0 saturated carbocycles. The van der Waals surface area contributed by atoms with Gasteiger partial charge in [0.25, 0.3) is 5.91 Å². The number of benzene rings is 3. The van der Waals surface area contributed by atoms with Crippen molar-refractivity contribution in [3.8, 4) is 0 Å². The summed E-state index contributed by atoms with van der Waals surface area (Å²) in [7, 11) is 3.37. The van der Waals surface area contributed by atoms with E-state index in [0.717, 1.165) is 11.1 Å². The number of carbonyl (C=O) groups excluding carboxylic acids is 2. The molecule has 1 aliphatic heterocycles. The summed E-state index contributed by atoms with van der Waals surface area (Å²) in [6.45, 7) is 2.97. The zero-order valence-electron chi connectivity index (χ0n) is 20.5. The molecule has 1 aliphatic rings. The van der Waals surface area contributed by atoms with Crippen molar-refractivity contribution in [2.75, 3.05) is 52.1 Å². The van der Waals surface area contributed by atoms with Crippen LogP contribution in [0.4, 0.5) is 14.5 Å². The number of hydrogen-bond donors (Lipinski definition) is 1. The number of amides is 2. The number of nitrogens with one attached hydrogen (secondary N) is 1. The summed E-state index contributed by atoms with van der Waals surface area (Å²) in [4.78, 5) is 30.7. The standard InChI is InChI=1S/C28H30F2N4O2/c1-32(2)28(36)22-4-3-5-25(18-22)31-26(35)19-33-14-16-34(17-15-33)27(20-6-10-23(29)11-7-20)21-8-12-24(30)13-9-21/h3-13,18,27H,14-17,19H2,1-2H3,(H,31,35). The highest BCUT2D eigenvalue weighted by atomic mass is 19.1. The van der Waals surface area contributed by atoms with Gasteiger partial charge < -0.3 is 10.2 Å². The zero-order chi connectivity index (χ0) is 25.7. The van der Waals surface area contributed by atoms with Crippen molar-refractivity contribution in [3.63, 3.8) is 0 Å². The minimum Gasteiger partial charge on any atom is -0.345 e. The second-order valence-corrected chi connectivity index (χ2v) is 9.15. The van der Waals surface area contributed by atoms with Crippen molar-refractivity contribution in [2.45, 2.75) is 6.04 Å². The summed E-state index contributed by atoms with van der Waals surface area (Å²) in [5, 5.41) is 2.88. The summed E-state index contributed by atoms with van der Waals surface area (Å²) < 4.78 is 27.1. The molecule has 1 N–H and O–H groups in total. The summed E-state index contributed by atoms with van der Waals surface area (Å²) in [6.07, 6.45) is 0. The van der Waals surface area contributed by atoms with Gasteiger partial charge in [-0.3, -0.25) is 19.4 Å². The van der Waals surface area contributed by atoms with Crippen LogP contribution in [0.3, 0.4) is 0 Å². The largest absolute Gasteiger partial charge is 0.345 e. The fourth-order valence-corrected chi connectivity index (χ4v) is 4.48. The van der Waals surface area contributed by atoms with E-state index < -0.39 is 0 Å². The summed E-state index contributed by atoms with van der Waals surface area (Å²) >= 11 is 0. The van der Waals surface area contributed by atoms with Crippen molar-refractivity contribution in [2.24, 2.45) is 0 Å². The molecular weight excluding hydrogens is 462 g/mol. The van der Waals surface area contributed by atoms with E-state index in [2.05, 4.69) is 15.1 Å². The number of halogens is 2. The number of nitrogens with zero attached hydrogens (tertiary/aromatic N) is 3. The van der Waals surface area contributed by atoms with Crippen LogP contribution in [0.25, 0.3) is 0 Å². The Morgan fingerprint density at radius 1 is 0.861 bits per heavy atom. The van der Waals surface area contributed by atoms with Crippen molar-refractivity contribution >= 4 is 17.5 Å². The van der Waals surface area contributed by atoms with E-state index in [1.807, 2.05) is 0 Å². The predicted molar refractivity (Wildman–Crippen MR) is 136 cm³/mol. The maximum atomic E-state index is 13.5. The van der Waals surface area contributed by atoms with Crippen molar-refractivity contribution in [1.82, 2.24) is 14.7 Å². The molecule has 0 atom stereocenters. The highest BCUT2D eigenvalue weighted by molar-refractivity contribution is 5.97. The van der Waals surface area contributed by atoms with Crippen LogP contribution < -0.4 is 5.32 Å². The van der Waals surface area contributed by atoms with Gasteiger partial charge in [0.05, 0.1) is 12.6 Å². The van der Waals surface area contributed by atoms with Gasteiger partial charge in [0.15, 0.2) is 0 Å². The van der Waals surface area contributed by atoms with Crippen LogP contribution in [0.15, 0.2) is 72.8 Å². The van der Waals surface area contributed by atoms with Crippen LogP contribution >= 0.6 is 0 Å². The van der Waals surface area contributed by atoms with Crippen molar-refractivity contribution in [1.29, 1.82) is 0 Å². The second kappa shape index (κ2) is 11.4. The molecule has 1 fully saturated rings. The molecule has 0 aromatic heterocycles. The molecule has 8 heteroatoms. The maximum Gasteiger partial charge on any atom is 0.253 e. The molecule has 0 unspecified atom stereocenters. The normalized spacial score (nSPS) is 14.6. The Morgan fingerprint density at radius 3 is 1.94 bits per heavy atom. The molecule has 2 amide bonds. The molecule has 3 aromatic carbocycles. The van der Waals surface area contributed by atoms with Crippen molar-refractivity contribution in [3.05, 3.63) is 101 Å². The number of rotatable bonds is 7. The third-order valence-electron chi connectivity index (χ3n) is 6.31. The topological polar surface area (TPSA) is 55.9 Å². The maximum absolute atomic E-state index is 13.5. The first-order valence-corrected chi connectivity index (χ1v) is 11.9. The minimum atomic E-state index is -0.302. The first-order valence-electron chi connectivity index (χ1n) is 11.9. The molecule has 36 heavy (non-hydrogen) atoms. The zero-order valence-corrected chi connectivity index (χ0v) is 20.5. The van der Waals surface area contributed by atoms with Gasteiger partial charge in [-0.25, -0.2) is 8.78 Å². The Hall–Kier alpha value is -3.62. The lowest BCUT2D eigenvalue weighted by molar-refractivity contribution is -0.117. The van der Waals surface area contributed by atoms with Crippen LogP contribution in [-0.4, -0.2) is 73.3 Å². The van der Waals surface area contributed by atoms with Crippen LogP contribution in [0.1, 0.15) is 27.5 Å². The van der Waals surface area contributed by atoms with Gasteiger partial charge >= 0.3 is 0 Å². The third kappa shape index (κ3) is 6.33. The first-order chi connectivity index (χ1) is 17.3. The summed E-state index contributed by atoms with van der Waals surface area (Å²) in [5.74, 6) is -0.876. The number of anilines is 1. The van der Waals surface area contributed by atoms with Gasteiger partial charge in [-0.05, 0) is 53.6 Å². The number of hydrogen-bond acceptors (Lipinski definition) is 4. The summed E-state index contributed by atoms with van der Waals surface area (Å²) in [5.41, 5.74) is 2.96. The lowest BCUT2D eigenvalue weighted by Gasteiger charge is -2.39. The Bertz CT molecular complexity index is 1150. The molecule has 3 aromatic rings. The van der Waals surface area contributed by atoms with Gasteiger partial charge in [0.1, 0.15) is 11.6 Å². The van der Waals surface area contributed by atoms with Crippen LogP contribution in [0.2, 0.25) is 0 Å². The molecule has 6 nitrogen and oxygen atoms in total. The second-order valence-electron chi connectivity index (χ2n) is 9.15. The SMILES string of the molecule is CN(C)C(=O)c1cccc(NC(=O)CN2CCN(C(c3ccc(F)cc3)c3ccc(F)cc3)CC2)c1. The number of piperazine rings is 1. The van der Waals surface area contributed by atoms with Crippen LogP contribution in [0.5, 0.6) is 0 Å². The van der Waals surface area contributed by atoms with E-state index in [-0.39, 0.29) is 36.0 Å². The molecule has 0 radical (unpaired) electrons. The van der Waals surface area contributed by atoms with Gasteiger partial charge in [-0.1, -0.05) is 30.3 Å². The van der Waals surface area contributed by atoms with E-state index in [9.17, 15) is 18.4 Å². The van der Waals surface area contributed by atoms with E-state index in [0.29, 0.717) is 37.4 Å². The minimum absolute atomic E-state index is 0.126. The smallest absolute Gasteiger partial charge is 0.253 e. The quantitative estimate of drug-likeness (QED) is 0.542. The Balaban J connectivity index is 1.38. The van der Waals surface area contributed by atoms with Crippen LogP contribution in [-0.2, 0) is 4.79 Å². The van der Waals surface area contributed by atoms with Crippen LogP contribution in [0, 0.1) is 11.6 Å². The van der Waals surface area contributed by atoms with E-state index in [4.69, 9.17) is 0 Å². The summed E-state index contributed by atoms with van der Waals surface area (Å²) in [6, 6.07) is 19.6. The predicted octanol–water partition coefficient (Wildman–Crippen LogP) is 4.01. The third-order valence-corrected chi connectivity index (χ3v) is 6.31. The molecule has 188 valence electrons. The fourth-order valence-electron chi connectivity index (χ4n) is 4.48. The molecule has 0 spiro atoms. The molecule has 0 bridgehead atoms. The average Bonchev–Trinajstić information content (AvgIpc) is 2.87. The van der Waals surface area contributed by atoms with Gasteiger partial charge in [0.2, 0.25) is 5.91 Å². The molecule has 1 heterocycles. The van der Waals surface area contributed by atoms with Gasteiger partial charge in [-0.2, -0.15) is 0 Å². The fraction of sp³-hybridized carbons (Fsp3) is 0.286. The molecule has 0 aliphatic carbocycles. The lowest BCUT2D eigenvalue weighted by atomic mass is 9.96. The monoisotopic (exact) mass is 492 g/mol. The Kier molecular flexibility index (Phi) is 8.07. The van der Waals surface area contributed by atoms with Gasteiger partial charge in [0, 0.05) is 51.5 Å². The van der Waals surface area contributed by atoms with E-state index in [1.54, 1.807) is 62.6 Å². The first kappa shape index (κ1) is 25.5. The Morgan fingerprint density at radius 2 is 1.42 bits per heavy atom. The number of carbonyl (C=O) groups is 2. The molecular formula is C28H30F2N4O2.